The lowest BCUT2D eigenvalue weighted by atomic mass is 10.3. The first-order valence-electron chi connectivity index (χ1n) is 6.44. The SMILES string of the molecule is Cc1ncsc1CNC(=O)NCCOc1ccc(Cl)cc1. The molecule has 2 N–H and O–H groups in total. The van der Waals surface area contributed by atoms with Crippen molar-refractivity contribution in [2.24, 2.45) is 0 Å². The monoisotopic (exact) mass is 325 g/mol. The summed E-state index contributed by atoms with van der Waals surface area (Å²) < 4.78 is 5.47. The highest BCUT2D eigenvalue weighted by Crippen LogP contribution is 2.15. The Morgan fingerprint density at radius 2 is 2.10 bits per heavy atom. The average Bonchev–Trinajstić information content (AvgIpc) is 2.89. The fourth-order valence-electron chi connectivity index (χ4n) is 1.58. The van der Waals surface area contributed by atoms with E-state index in [9.17, 15) is 4.79 Å². The third-order valence-corrected chi connectivity index (χ3v) is 3.91. The Morgan fingerprint density at radius 1 is 1.33 bits per heavy atom. The molecule has 0 aliphatic heterocycles. The number of amides is 2. The molecule has 0 fully saturated rings. The maximum Gasteiger partial charge on any atom is 0.315 e. The highest BCUT2D eigenvalue weighted by Gasteiger charge is 2.04. The summed E-state index contributed by atoms with van der Waals surface area (Å²) in [5.41, 5.74) is 2.72. The second-order valence-electron chi connectivity index (χ2n) is 4.27. The quantitative estimate of drug-likeness (QED) is 0.803. The molecule has 2 amide bonds. The van der Waals surface area contributed by atoms with Crippen LogP contribution in [0.5, 0.6) is 5.75 Å². The Bertz CT molecular complexity index is 586. The van der Waals surface area contributed by atoms with Crippen LogP contribution in [0.15, 0.2) is 29.8 Å². The van der Waals surface area contributed by atoms with Crippen LogP contribution in [0.4, 0.5) is 4.79 Å². The Balaban J connectivity index is 1.61. The zero-order valence-corrected chi connectivity index (χ0v) is 13.1. The second-order valence-corrected chi connectivity index (χ2v) is 5.65. The molecule has 0 atom stereocenters. The van der Waals surface area contributed by atoms with Gasteiger partial charge in [0.1, 0.15) is 12.4 Å². The van der Waals surface area contributed by atoms with Gasteiger partial charge in [0.2, 0.25) is 0 Å². The van der Waals surface area contributed by atoms with Gasteiger partial charge in [-0.3, -0.25) is 0 Å². The van der Waals surface area contributed by atoms with Gasteiger partial charge in [-0.05, 0) is 31.2 Å². The molecule has 0 unspecified atom stereocenters. The number of hydrogen-bond donors (Lipinski definition) is 2. The Labute approximate surface area is 132 Å². The van der Waals surface area contributed by atoms with E-state index in [2.05, 4.69) is 15.6 Å². The third-order valence-electron chi connectivity index (χ3n) is 2.72. The standard InChI is InChI=1S/C14H16ClN3O2S/c1-10-13(21-9-18-10)8-17-14(19)16-6-7-20-12-4-2-11(15)3-5-12/h2-5,9H,6-8H2,1H3,(H2,16,17,19). The second kappa shape index (κ2) is 7.85. The van der Waals surface area contributed by atoms with E-state index < -0.39 is 0 Å². The molecule has 0 aliphatic rings. The molecule has 0 saturated heterocycles. The van der Waals surface area contributed by atoms with Gasteiger partial charge < -0.3 is 15.4 Å². The van der Waals surface area contributed by atoms with Crippen LogP contribution in [0, 0.1) is 6.92 Å². The minimum atomic E-state index is -0.220. The Morgan fingerprint density at radius 3 is 2.76 bits per heavy atom. The molecule has 1 aromatic heterocycles. The number of halogens is 1. The molecule has 2 rings (SSSR count). The predicted molar refractivity (Wildman–Crippen MR) is 84.0 cm³/mol. The summed E-state index contributed by atoms with van der Waals surface area (Å²) in [5.74, 6) is 0.724. The summed E-state index contributed by atoms with van der Waals surface area (Å²) in [6, 6.07) is 6.87. The lowest BCUT2D eigenvalue weighted by molar-refractivity contribution is 0.236. The fourth-order valence-corrected chi connectivity index (χ4v) is 2.43. The van der Waals surface area contributed by atoms with Gasteiger partial charge in [-0.25, -0.2) is 9.78 Å². The normalized spacial score (nSPS) is 10.2. The van der Waals surface area contributed by atoms with Gasteiger partial charge in [-0.15, -0.1) is 11.3 Å². The summed E-state index contributed by atoms with van der Waals surface area (Å²) in [7, 11) is 0. The fraction of sp³-hybridized carbons (Fsp3) is 0.286. The van der Waals surface area contributed by atoms with Gasteiger partial charge in [0.25, 0.3) is 0 Å². The van der Waals surface area contributed by atoms with Crippen LogP contribution >= 0.6 is 22.9 Å². The number of urea groups is 1. The number of carbonyl (C=O) groups is 1. The summed E-state index contributed by atoms with van der Waals surface area (Å²) in [6.45, 7) is 3.23. The average molecular weight is 326 g/mol. The van der Waals surface area contributed by atoms with Crippen molar-refractivity contribution in [2.45, 2.75) is 13.5 Å². The smallest absolute Gasteiger partial charge is 0.315 e. The van der Waals surface area contributed by atoms with Crippen LogP contribution in [-0.4, -0.2) is 24.2 Å². The van der Waals surface area contributed by atoms with Crippen LogP contribution in [0.25, 0.3) is 0 Å². The van der Waals surface area contributed by atoms with E-state index in [1.165, 1.54) is 11.3 Å². The molecule has 1 aromatic carbocycles. The van der Waals surface area contributed by atoms with E-state index in [1.807, 2.05) is 6.92 Å². The van der Waals surface area contributed by atoms with Crippen LogP contribution in [0.3, 0.4) is 0 Å². The van der Waals surface area contributed by atoms with E-state index in [1.54, 1.807) is 29.8 Å². The van der Waals surface area contributed by atoms with Crippen molar-refractivity contribution in [1.82, 2.24) is 15.6 Å². The lowest BCUT2D eigenvalue weighted by Gasteiger charge is -2.08. The predicted octanol–water partition coefficient (Wildman–Crippen LogP) is 2.98. The Hall–Kier alpha value is -1.79. The molecule has 0 spiro atoms. The van der Waals surface area contributed by atoms with E-state index in [0.29, 0.717) is 24.7 Å². The van der Waals surface area contributed by atoms with Crippen molar-refractivity contribution < 1.29 is 9.53 Å². The summed E-state index contributed by atoms with van der Waals surface area (Å²) >= 11 is 7.31. The number of hydrogen-bond acceptors (Lipinski definition) is 4. The molecule has 7 heteroatoms. The number of thiazole rings is 1. The van der Waals surface area contributed by atoms with Gasteiger partial charge in [-0.2, -0.15) is 0 Å². The highest BCUT2D eigenvalue weighted by molar-refractivity contribution is 7.09. The first-order valence-corrected chi connectivity index (χ1v) is 7.70. The van der Waals surface area contributed by atoms with Crippen molar-refractivity contribution >= 4 is 29.0 Å². The molecule has 5 nitrogen and oxygen atoms in total. The largest absolute Gasteiger partial charge is 0.492 e. The molecule has 0 radical (unpaired) electrons. The number of rotatable bonds is 6. The highest BCUT2D eigenvalue weighted by atomic mass is 35.5. The molecule has 2 aromatic rings. The van der Waals surface area contributed by atoms with Crippen molar-refractivity contribution in [1.29, 1.82) is 0 Å². The topological polar surface area (TPSA) is 63.2 Å². The first kappa shape index (κ1) is 15.6. The molecule has 0 aliphatic carbocycles. The third kappa shape index (κ3) is 5.24. The molecule has 1 heterocycles. The van der Waals surface area contributed by atoms with Crippen molar-refractivity contribution in [3.63, 3.8) is 0 Å². The van der Waals surface area contributed by atoms with Gasteiger partial charge in [-0.1, -0.05) is 11.6 Å². The summed E-state index contributed by atoms with van der Waals surface area (Å²) in [5, 5.41) is 6.17. The minimum Gasteiger partial charge on any atom is -0.492 e. The van der Waals surface area contributed by atoms with Crippen LogP contribution < -0.4 is 15.4 Å². The summed E-state index contributed by atoms with van der Waals surface area (Å²) in [4.78, 5) is 16.8. The van der Waals surface area contributed by atoms with Crippen molar-refractivity contribution in [2.75, 3.05) is 13.2 Å². The van der Waals surface area contributed by atoms with Gasteiger partial charge in [0, 0.05) is 9.90 Å². The molecule has 0 saturated carbocycles. The maximum absolute atomic E-state index is 11.6. The van der Waals surface area contributed by atoms with Crippen LogP contribution in [-0.2, 0) is 6.54 Å². The van der Waals surface area contributed by atoms with Crippen molar-refractivity contribution in [3.05, 3.63) is 45.4 Å². The number of nitrogens with one attached hydrogen (secondary N) is 2. The zero-order valence-electron chi connectivity index (χ0n) is 11.6. The van der Waals surface area contributed by atoms with E-state index in [0.717, 1.165) is 16.3 Å². The van der Waals surface area contributed by atoms with Gasteiger partial charge in [0.05, 0.1) is 24.3 Å². The maximum atomic E-state index is 11.6. The molecule has 112 valence electrons. The van der Waals surface area contributed by atoms with Crippen molar-refractivity contribution in [3.8, 4) is 5.75 Å². The van der Waals surface area contributed by atoms with Crippen LogP contribution in [0.1, 0.15) is 10.6 Å². The lowest BCUT2D eigenvalue weighted by Crippen LogP contribution is -2.37. The van der Waals surface area contributed by atoms with E-state index in [-0.39, 0.29) is 6.03 Å². The number of ether oxygens (including phenoxy) is 1. The minimum absolute atomic E-state index is 0.220. The van der Waals surface area contributed by atoms with E-state index >= 15 is 0 Å². The first-order chi connectivity index (χ1) is 10.1. The zero-order chi connectivity index (χ0) is 15.1. The number of aromatic nitrogens is 1. The molecular formula is C14H16ClN3O2S. The Kier molecular flexibility index (Phi) is 5.83. The van der Waals surface area contributed by atoms with E-state index in [4.69, 9.17) is 16.3 Å². The number of aryl methyl sites for hydroxylation is 1. The number of benzene rings is 1. The summed E-state index contributed by atoms with van der Waals surface area (Å²) in [6.07, 6.45) is 0. The van der Waals surface area contributed by atoms with Crippen LogP contribution in [0.2, 0.25) is 5.02 Å². The van der Waals surface area contributed by atoms with Gasteiger partial charge in [0.15, 0.2) is 0 Å². The molecular weight excluding hydrogens is 310 g/mol. The number of nitrogens with zero attached hydrogens (tertiary/aromatic N) is 1. The molecule has 21 heavy (non-hydrogen) atoms. The molecule has 0 bridgehead atoms. The number of carbonyl (C=O) groups excluding carboxylic acids is 1. The van der Waals surface area contributed by atoms with Gasteiger partial charge >= 0.3 is 6.03 Å².